The highest BCUT2D eigenvalue weighted by Crippen LogP contribution is 2.31. The molecule has 1 aromatic carbocycles. The molecule has 0 radical (unpaired) electrons. The Balaban J connectivity index is 1.75. The molecule has 0 saturated heterocycles. The van der Waals surface area contributed by atoms with E-state index < -0.39 is 5.25 Å². The van der Waals surface area contributed by atoms with Crippen molar-refractivity contribution in [2.45, 2.75) is 37.0 Å². The average molecular weight is 413 g/mol. The van der Waals surface area contributed by atoms with E-state index >= 15 is 0 Å². The Morgan fingerprint density at radius 1 is 1.25 bits per heavy atom. The van der Waals surface area contributed by atoms with Crippen LogP contribution in [-0.4, -0.2) is 28.2 Å². The summed E-state index contributed by atoms with van der Waals surface area (Å²) in [6, 6.07) is 11.3. The lowest BCUT2D eigenvalue weighted by molar-refractivity contribution is -0.115. The zero-order valence-electron chi connectivity index (χ0n) is 16.0. The van der Waals surface area contributed by atoms with Gasteiger partial charge < -0.3 is 10.1 Å². The van der Waals surface area contributed by atoms with Crippen LogP contribution < -0.4 is 10.1 Å². The molecule has 3 rings (SSSR count). The molecule has 0 aliphatic carbocycles. The number of hydrogen-bond donors (Lipinski definition) is 1. The Kier molecular flexibility index (Phi) is 6.17. The summed E-state index contributed by atoms with van der Waals surface area (Å²) in [6.45, 7) is 5.88. The number of methoxy groups -OCH3 is 1. The van der Waals surface area contributed by atoms with Gasteiger partial charge in [-0.25, -0.2) is 9.97 Å². The van der Waals surface area contributed by atoms with Crippen molar-refractivity contribution in [1.82, 2.24) is 9.97 Å². The SMILES string of the molecule is COc1ccc2nc(NC(=O)C(C)Sc3nc(C(C)C)ccc3C#N)sc2c1. The molecule has 2 heterocycles. The number of carbonyl (C=O) groups excluding carboxylic acids is 1. The maximum Gasteiger partial charge on any atom is 0.239 e. The van der Waals surface area contributed by atoms with E-state index in [1.165, 1.54) is 23.1 Å². The van der Waals surface area contributed by atoms with Crippen LogP contribution in [0.15, 0.2) is 35.4 Å². The first-order valence-electron chi connectivity index (χ1n) is 8.74. The fourth-order valence-corrected chi connectivity index (χ4v) is 4.26. The minimum Gasteiger partial charge on any atom is -0.497 e. The number of thioether (sulfide) groups is 1. The Morgan fingerprint density at radius 3 is 2.71 bits per heavy atom. The number of thiazole rings is 1. The molecule has 1 unspecified atom stereocenters. The summed E-state index contributed by atoms with van der Waals surface area (Å²) < 4.78 is 6.16. The maximum atomic E-state index is 12.6. The van der Waals surface area contributed by atoms with Crippen LogP contribution in [-0.2, 0) is 4.79 Å². The van der Waals surface area contributed by atoms with Crippen LogP contribution in [0.5, 0.6) is 5.75 Å². The van der Waals surface area contributed by atoms with Crippen molar-refractivity contribution in [3.63, 3.8) is 0 Å². The number of nitrogens with one attached hydrogen (secondary N) is 1. The van der Waals surface area contributed by atoms with Crippen LogP contribution in [0.1, 0.15) is 37.9 Å². The van der Waals surface area contributed by atoms with Crippen LogP contribution >= 0.6 is 23.1 Å². The summed E-state index contributed by atoms with van der Waals surface area (Å²) in [5.41, 5.74) is 2.18. The molecule has 0 spiro atoms. The summed E-state index contributed by atoms with van der Waals surface area (Å²) in [4.78, 5) is 21.6. The molecule has 8 heteroatoms. The monoisotopic (exact) mass is 412 g/mol. The predicted octanol–water partition coefficient (Wildman–Crippen LogP) is 4.81. The number of benzene rings is 1. The summed E-state index contributed by atoms with van der Waals surface area (Å²) in [5.74, 6) is 0.811. The lowest BCUT2D eigenvalue weighted by Crippen LogP contribution is -2.22. The fourth-order valence-electron chi connectivity index (χ4n) is 2.46. The summed E-state index contributed by atoms with van der Waals surface area (Å²) in [7, 11) is 1.61. The fraction of sp³-hybridized carbons (Fsp3) is 0.300. The zero-order valence-corrected chi connectivity index (χ0v) is 17.6. The van der Waals surface area contributed by atoms with Crippen molar-refractivity contribution in [3.05, 3.63) is 41.6 Å². The van der Waals surface area contributed by atoms with Gasteiger partial charge in [0.15, 0.2) is 5.13 Å². The number of rotatable bonds is 6. The Bertz CT molecular complexity index is 1060. The normalized spacial score (nSPS) is 12.0. The van der Waals surface area contributed by atoms with Crippen LogP contribution in [0.4, 0.5) is 5.13 Å². The highest BCUT2D eigenvalue weighted by atomic mass is 32.2. The number of nitrogens with zero attached hydrogens (tertiary/aromatic N) is 3. The van der Waals surface area contributed by atoms with Gasteiger partial charge >= 0.3 is 0 Å². The minimum absolute atomic E-state index is 0.184. The quantitative estimate of drug-likeness (QED) is 0.584. The molecule has 1 amide bonds. The van der Waals surface area contributed by atoms with Gasteiger partial charge in [-0.2, -0.15) is 5.26 Å². The van der Waals surface area contributed by atoms with Gasteiger partial charge in [0, 0.05) is 5.69 Å². The molecule has 0 aliphatic heterocycles. The minimum atomic E-state index is -0.427. The molecule has 6 nitrogen and oxygen atoms in total. The van der Waals surface area contributed by atoms with Gasteiger partial charge in [-0.3, -0.25) is 4.79 Å². The smallest absolute Gasteiger partial charge is 0.239 e. The van der Waals surface area contributed by atoms with Crippen LogP contribution in [0.25, 0.3) is 10.2 Å². The van der Waals surface area contributed by atoms with E-state index in [0.717, 1.165) is 21.7 Å². The Labute approximate surface area is 172 Å². The van der Waals surface area contributed by atoms with E-state index in [4.69, 9.17) is 4.74 Å². The van der Waals surface area contributed by atoms with Gasteiger partial charge in [0.2, 0.25) is 5.91 Å². The number of nitriles is 1. The predicted molar refractivity (Wildman–Crippen MR) is 113 cm³/mol. The number of hydrogen-bond acceptors (Lipinski definition) is 7. The molecule has 28 heavy (non-hydrogen) atoms. The number of aromatic nitrogens is 2. The standard InChI is InChI=1S/C20H20N4O2S2/c1-11(2)15-7-5-13(10-21)19(22-15)27-12(3)18(25)24-20-23-16-8-6-14(26-4)9-17(16)28-20/h5-9,11-12H,1-4H3,(H,23,24,25). The van der Waals surface area contributed by atoms with Gasteiger partial charge in [0.1, 0.15) is 16.8 Å². The molecule has 2 aromatic heterocycles. The van der Waals surface area contributed by atoms with Crippen LogP contribution in [0.2, 0.25) is 0 Å². The zero-order chi connectivity index (χ0) is 20.3. The number of pyridine rings is 1. The maximum absolute atomic E-state index is 12.6. The van der Waals surface area contributed by atoms with Crippen molar-refractivity contribution in [2.24, 2.45) is 0 Å². The molecule has 1 N–H and O–H groups in total. The van der Waals surface area contributed by atoms with Crippen LogP contribution in [0.3, 0.4) is 0 Å². The lowest BCUT2D eigenvalue weighted by Gasteiger charge is -2.13. The Morgan fingerprint density at radius 2 is 2.04 bits per heavy atom. The highest BCUT2D eigenvalue weighted by Gasteiger charge is 2.20. The number of anilines is 1. The second-order valence-electron chi connectivity index (χ2n) is 6.46. The third-order valence-corrected chi connectivity index (χ3v) is 6.11. The van der Waals surface area contributed by atoms with E-state index in [0.29, 0.717) is 15.7 Å². The summed E-state index contributed by atoms with van der Waals surface area (Å²) in [6.07, 6.45) is 0. The number of ether oxygens (including phenoxy) is 1. The molecular weight excluding hydrogens is 392 g/mol. The van der Waals surface area contributed by atoms with E-state index in [9.17, 15) is 10.1 Å². The van der Waals surface area contributed by atoms with E-state index in [1.54, 1.807) is 20.1 Å². The summed E-state index contributed by atoms with van der Waals surface area (Å²) in [5, 5.41) is 12.9. The molecular formula is C20H20N4O2S2. The molecule has 144 valence electrons. The average Bonchev–Trinajstić information content (AvgIpc) is 3.08. The van der Waals surface area contributed by atoms with E-state index in [1.807, 2.05) is 38.1 Å². The van der Waals surface area contributed by atoms with Gasteiger partial charge in [-0.05, 0) is 43.2 Å². The topological polar surface area (TPSA) is 87.9 Å². The van der Waals surface area contributed by atoms with Gasteiger partial charge in [0.05, 0.1) is 28.1 Å². The number of amides is 1. The van der Waals surface area contributed by atoms with Gasteiger partial charge in [0.25, 0.3) is 0 Å². The Hall–Kier alpha value is -2.63. The molecule has 3 aromatic rings. The number of carbonyl (C=O) groups is 1. The first kappa shape index (κ1) is 20.1. The van der Waals surface area contributed by atoms with E-state index in [2.05, 4.69) is 21.4 Å². The van der Waals surface area contributed by atoms with Crippen molar-refractivity contribution >= 4 is 44.4 Å². The molecule has 0 fully saturated rings. The van der Waals surface area contributed by atoms with Crippen molar-refractivity contribution < 1.29 is 9.53 Å². The first-order valence-corrected chi connectivity index (χ1v) is 10.4. The van der Waals surface area contributed by atoms with E-state index in [-0.39, 0.29) is 11.8 Å². The second kappa shape index (κ2) is 8.59. The number of fused-ring (bicyclic) bond motifs is 1. The molecule has 0 saturated carbocycles. The van der Waals surface area contributed by atoms with Crippen LogP contribution in [0, 0.1) is 11.3 Å². The van der Waals surface area contributed by atoms with Gasteiger partial charge in [-0.15, -0.1) is 0 Å². The first-order chi connectivity index (χ1) is 13.4. The molecule has 1 atom stereocenters. The third kappa shape index (κ3) is 4.43. The largest absolute Gasteiger partial charge is 0.497 e. The highest BCUT2D eigenvalue weighted by molar-refractivity contribution is 8.00. The van der Waals surface area contributed by atoms with Gasteiger partial charge in [-0.1, -0.05) is 36.9 Å². The third-order valence-electron chi connectivity index (χ3n) is 4.08. The molecule has 0 aliphatic rings. The van der Waals surface area contributed by atoms with Crippen molar-refractivity contribution in [1.29, 1.82) is 5.26 Å². The molecule has 0 bridgehead atoms. The van der Waals surface area contributed by atoms with Crippen molar-refractivity contribution in [3.8, 4) is 11.8 Å². The summed E-state index contributed by atoms with van der Waals surface area (Å²) >= 11 is 2.67. The van der Waals surface area contributed by atoms with Crippen molar-refractivity contribution in [2.75, 3.05) is 12.4 Å². The second-order valence-corrected chi connectivity index (χ2v) is 8.82. The lowest BCUT2D eigenvalue weighted by atomic mass is 10.1.